The van der Waals surface area contributed by atoms with E-state index < -0.39 is 17.7 Å². The van der Waals surface area contributed by atoms with Crippen molar-refractivity contribution in [1.29, 1.82) is 0 Å². The Bertz CT molecular complexity index is 1840. The fraction of sp³-hybridized carbons (Fsp3) is 0.152. The summed E-state index contributed by atoms with van der Waals surface area (Å²) in [6, 6.07) is 26.9. The molecule has 1 amide bonds. The zero-order valence-corrected chi connectivity index (χ0v) is 24.4. The van der Waals surface area contributed by atoms with Gasteiger partial charge in [-0.1, -0.05) is 113 Å². The third-order valence-corrected chi connectivity index (χ3v) is 9.42. The van der Waals surface area contributed by atoms with E-state index in [1.54, 1.807) is 0 Å². The number of benzene rings is 4. The Morgan fingerprint density at radius 2 is 1.63 bits per heavy atom. The number of ketones is 1. The SMILES string of the molecule is Cc1ccc(C2C(=C(O)c3cc(C)ccc3C)C(=O)C(=O)N2c2nnc(SCc3cccc4ccccc34)s2)cc1. The summed E-state index contributed by atoms with van der Waals surface area (Å²) in [4.78, 5) is 28.5. The van der Waals surface area contributed by atoms with E-state index in [0.717, 1.165) is 16.7 Å². The zero-order chi connectivity index (χ0) is 28.7. The molecule has 0 radical (unpaired) electrons. The highest BCUT2D eigenvalue weighted by Gasteiger charge is 2.48. The van der Waals surface area contributed by atoms with Crippen LogP contribution in [0.5, 0.6) is 0 Å². The topological polar surface area (TPSA) is 83.4 Å². The van der Waals surface area contributed by atoms with Crippen LogP contribution >= 0.6 is 23.1 Å². The van der Waals surface area contributed by atoms with Crippen molar-refractivity contribution in [2.24, 2.45) is 0 Å². The molecule has 0 saturated carbocycles. The molecule has 0 aliphatic carbocycles. The van der Waals surface area contributed by atoms with Gasteiger partial charge in [0.1, 0.15) is 5.76 Å². The van der Waals surface area contributed by atoms with E-state index >= 15 is 0 Å². The number of amides is 1. The molecule has 1 atom stereocenters. The van der Waals surface area contributed by atoms with Gasteiger partial charge in [-0.25, -0.2) is 0 Å². The fourth-order valence-electron chi connectivity index (χ4n) is 5.15. The predicted octanol–water partition coefficient (Wildman–Crippen LogP) is 7.54. The van der Waals surface area contributed by atoms with Crippen LogP contribution in [0.3, 0.4) is 0 Å². The monoisotopic (exact) mass is 577 g/mol. The summed E-state index contributed by atoms with van der Waals surface area (Å²) in [5, 5.41) is 22.9. The highest BCUT2D eigenvalue weighted by molar-refractivity contribution is 8.00. The number of aromatic nitrogens is 2. The van der Waals surface area contributed by atoms with E-state index in [9.17, 15) is 14.7 Å². The van der Waals surface area contributed by atoms with Gasteiger partial charge < -0.3 is 5.11 Å². The Morgan fingerprint density at radius 3 is 2.44 bits per heavy atom. The van der Waals surface area contributed by atoms with E-state index in [-0.39, 0.29) is 11.3 Å². The summed E-state index contributed by atoms with van der Waals surface area (Å²) >= 11 is 2.80. The molecule has 8 heteroatoms. The number of aliphatic hydroxyl groups is 1. The van der Waals surface area contributed by atoms with Crippen LogP contribution in [0.15, 0.2) is 94.8 Å². The van der Waals surface area contributed by atoms with Gasteiger partial charge in [0.05, 0.1) is 11.6 Å². The molecular formula is C33H27N3O3S2. The number of aryl methyl sites for hydroxylation is 3. The molecule has 1 aromatic heterocycles. The maximum Gasteiger partial charge on any atom is 0.301 e. The van der Waals surface area contributed by atoms with Gasteiger partial charge in [-0.3, -0.25) is 14.5 Å². The minimum absolute atomic E-state index is 0.0488. The van der Waals surface area contributed by atoms with Crippen LogP contribution in [0.4, 0.5) is 5.13 Å². The van der Waals surface area contributed by atoms with Crippen LogP contribution in [0, 0.1) is 20.8 Å². The third kappa shape index (κ3) is 5.05. The molecule has 204 valence electrons. The normalized spacial score (nSPS) is 16.6. The van der Waals surface area contributed by atoms with Gasteiger partial charge in [0.25, 0.3) is 5.78 Å². The van der Waals surface area contributed by atoms with E-state index in [1.807, 2.05) is 81.4 Å². The Hall–Kier alpha value is -4.27. The molecule has 6 rings (SSSR count). The number of thioether (sulfide) groups is 1. The fourth-order valence-corrected chi connectivity index (χ4v) is 7.02. The lowest BCUT2D eigenvalue weighted by molar-refractivity contribution is -0.132. The summed E-state index contributed by atoms with van der Waals surface area (Å²) in [7, 11) is 0. The first-order valence-corrected chi connectivity index (χ1v) is 15.0. The van der Waals surface area contributed by atoms with Crippen LogP contribution in [-0.4, -0.2) is 27.0 Å². The van der Waals surface area contributed by atoms with E-state index in [2.05, 4.69) is 34.5 Å². The zero-order valence-electron chi connectivity index (χ0n) is 22.8. The number of aliphatic hydroxyl groups excluding tert-OH is 1. The van der Waals surface area contributed by atoms with Gasteiger partial charge in [0.2, 0.25) is 5.13 Å². The molecule has 0 bridgehead atoms. The van der Waals surface area contributed by atoms with Crippen molar-refractivity contribution < 1.29 is 14.7 Å². The number of Topliss-reactive ketones (excluding diaryl/α,β-unsaturated/α-hetero) is 1. The molecule has 0 spiro atoms. The minimum Gasteiger partial charge on any atom is -0.507 e. The van der Waals surface area contributed by atoms with Crippen molar-refractivity contribution in [3.63, 3.8) is 0 Å². The summed E-state index contributed by atoms with van der Waals surface area (Å²) in [5.41, 5.74) is 5.26. The standard InChI is InChI=1S/C33H27N3O3S2/c1-19-12-15-23(16-13-19)28-27(29(37)26-17-20(2)11-14-21(26)3)30(38)31(39)36(28)32-34-35-33(41-32)40-18-24-9-6-8-22-7-4-5-10-25(22)24/h4-17,28,37H,18H2,1-3H3. The summed E-state index contributed by atoms with van der Waals surface area (Å²) in [6.45, 7) is 5.77. The largest absolute Gasteiger partial charge is 0.507 e. The maximum absolute atomic E-state index is 13.6. The van der Waals surface area contributed by atoms with Crippen LogP contribution < -0.4 is 4.90 Å². The first kappa shape index (κ1) is 26.9. The van der Waals surface area contributed by atoms with E-state index in [0.29, 0.717) is 26.4 Å². The van der Waals surface area contributed by atoms with Crippen LogP contribution in [-0.2, 0) is 15.3 Å². The van der Waals surface area contributed by atoms with Gasteiger partial charge in [-0.05, 0) is 54.3 Å². The molecule has 1 saturated heterocycles. The Balaban J connectivity index is 1.38. The number of carbonyl (C=O) groups is 2. The Labute approximate surface area is 246 Å². The minimum atomic E-state index is -0.834. The Kier molecular flexibility index (Phi) is 7.19. The molecule has 5 aromatic rings. The van der Waals surface area contributed by atoms with Crippen molar-refractivity contribution in [1.82, 2.24) is 10.2 Å². The predicted molar refractivity (Wildman–Crippen MR) is 165 cm³/mol. The molecule has 6 nitrogen and oxygen atoms in total. The molecule has 4 aromatic carbocycles. The number of fused-ring (bicyclic) bond motifs is 1. The summed E-state index contributed by atoms with van der Waals surface area (Å²) in [6.07, 6.45) is 0. The molecule has 41 heavy (non-hydrogen) atoms. The lowest BCUT2D eigenvalue weighted by Gasteiger charge is -2.23. The first-order valence-electron chi connectivity index (χ1n) is 13.2. The van der Waals surface area contributed by atoms with Gasteiger partial charge in [0.15, 0.2) is 4.34 Å². The van der Waals surface area contributed by atoms with Crippen molar-refractivity contribution in [3.05, 3.63) is 124 Å². The number of carbonyl (C=O) groups excluding carboxylic acids is 2. The van der Waals surface area contributed by atoms with E-state index in [4.69, 9.17) is 0 Å². The lowest BCUT2D eigenvalue weighted by atomic mass is 9.93. The number of hydrogen-bond acceptors (Lipinski definition) is 7. The average molecular weight is 578 g/mol. The lowest BCUT2D eigenvalue weighted by Crippen LogP contribution is -2.29. The van der Waals surface area contributed by atoms with Crippen molar-refractivity contribution in [2.75, 3.05) is 4.90 Å². The molecule has 1 aliphatic heterocycles. The second kappa shape index (κ2) is 11.0. The molecule has 2 heterocycles. The molecular weight excluding hydrogens is 551 g/mol. The van der Waals surface area contributed by atoms with Crippen LogP contribution in [0.2, 0.25) is 0 Å². The molecule has 1 N–H and O–H groups in total. The highest BCUT2D eigenvalue weighted by Crippen LogP contribution is 2.44. The van der Waals surface area contributed by atoms with Crippen LogP contribution in [0.25, 0.3) is 16.5 Å². The number of hydrogen-bond donors (Lipinski definition) is 1. The number of nitrogens with zero attached hydrogens (tertiary/aromatic N) is 3. The molecule has 1 unspecified atom stereocenters. The summed E-state index contributed by atoms with van der Waals surface area (Å²) in [5.74, 6) is -0.978. The summed E-state index contributed by atoms with van der Waals surface area (Å²) < 4.78 is 0.687. The smallest absolute Gasteiger partial charge is 0.301 e. The quantitative estimate of drug-likeness (QED) is 0.0738. The van der Waals surface area contributed by atoms with Gasteiger partial charge in [-0.2, -0.15) is 0 Å². The molecule has 1 aliphatic rings. The van der Waals surface area contributed by atoms with Gasteiger partial charge >= 0.3 is 5.91 Å². The second-order valence-corrected chi connectivity index (χ2v) is 12.4. The number of rotatable bonds is 6. The molecule has 1 fully saturated rings. The highest BCUT2D eigenvalue weighted by atomic mass is 32.2. The first-order chi connectivity index (χ1) is 19.8. The van der Waals surface area contributed by atoms with Crippen molar-refractivity contribution in [3.8, 4) is 0 Å². The Morgan fingerprint density at radius 1 is 0.902 bits per heavy atom. The average Bonchev–Trinajstić information content (AvgIpc) is 3.55. The van der Waals surface area contributed by atoms with Gasteiger partial charge in [-0.15, -0.1) is 10.2 Å². The number of anilines is 1. The van der Waals surface area contributed by atoms with Crippen molar-refractivity contribution >= 4 is 56.5 Å². The van der Waals surface area contributed by atoms with Gasteiger partial charge in [0, 0.05) is 11.3 Å². The van der Waals surface area contributed by atoms with E-state index in [1.165, 1.54) is 44.3 Å². The van der Waals surface area contributed by atoms with Crippen molar-refractivity contribution in [2.45, 2.75) is 36.9 Å². The third-order valence-electron chi connectivity index (χ3n) is 7.32. The maximum atomic E-state index is 13.6. The van der Waals surface area contributed by atoms with Crippen LogP contribution in [0.1, 0.15) is 39.4 Å². The second-order valence-electron chi connectivity index (χ2n) is 10.2.